The van der Waals surface area contributed by atoms with Gasteiger partial charge in [0.15, 0.2) is 0 Å². The van der Waals surface area contributed by atoms with Gasteiger partial charge in [0.1, 0.15) is 0 Å². The van der Waals surface area contributed by atoms with Gasteiger partial charge in [-0.3, -0.25) is 9.59 Å². The molecule has 0 saturated heterocycles. The van der Waals surface area contributed by atoms with Crippen molar-refractivity contribution in [3.8, 4) is 0 Å². The minimum atomic E-state index is -0.832. The molecule has 110 valence electrons. The van der Waals surface area contributed by atoms with Gasteiger partial charge in [0.2, 0.25) is 5.91 Å². The van der Waals surface area contributed by atoms with Crippen LogP contribution in [0.5, 0.6) is 0 Å². The zero-order chi connectivity index (χ0) is 14.5. The SMILES string of the molecule is CC(CCCN)C(=O)NC1CCCCC1(C)C(=O)O. The van der Waals surface area contributed by atoms with Crippen LogP contribution < -0.4 is 11.1 Å². The highest BCUT2D eigenvalue weighted by atomic mass is 16.4. The van der Waals surface area contributed by atoms with Crippen molar-refractivity contribution < 1.29 is 14.7 Å². The first-order valence-electron chi connectivity index (χ1n) is 7.15. The van der Waals surface area contributed by atoms with E-state index in [1.165, 1.54) is 0 Å². The lowest BCUT2D eigenvalue weighted by Crippen LogP contribution is -2.53. The molecule has 19 heavy (non-hydrogen) atoms. The fourth-order valence-electron chi connectivity index (χ4n) is 2.69. The van der Waals surface area contributed by atoms with Crippen molar-refractivity contribution in [2.45, 2.75) is 58.4 Å². The van der Waals surface area contributed by atoms with Crippen LogP contribution in [-0.4, -0.2) is 29.6 Å². The first-order valence-corrected chi connectivity index (χ1v) is 7.15. The highest BCUT2D eigenvalue weighted by Gasteiger charge is 2.44. The Hall–Kier alpha value is -1.10. The second kappa shape index (κ2) is 6.89. The highest BCUT2D eigenvalue weighted by molar-refractivity contribution is 5.81. The first-order chi connectivity index (χ1) is 8.91. The largest absolute Gasteiger partial charge is 0.481 e. The molecule has 1 fully saturated rings. The molecule has 0 aromatic heterocycles. The van der Waals surface area contributed by atoms with E-state index in [2.05, 4.69) is 5.32 Å². The van der Waals surface area contributed by atoms with Crippen molar-refractivity contribution >= 4 is 11.9 Å². The number of aliphatic carboxylic acids is 1. The predicted octanol–water partition coefficient (Wildman–Crippen LogP) is 1.51. The first kappa shape index (κ1) is 16.0. The minimum absolute atomic E-state index is 0.0483. The molecule has 0 heterocycles. The fraction of sp³-hybridized carbons (Fsp3) is 0.857. The molecule has 1 saturated carbocycles. The lowest BCUT2D eigenvalue weighted by Gasteiger charge is -2.38. The Labute approximate surface area is 114 Å². The molecule has 5 nitrogen and oxygen atoms in total. The van der Waals surface area contributed by atoms with E-state index in [0.29, 0.717) is 13.0 Å². The number of nitrogens with two attached hydrogens (primary N) is 1. The molecule has 0 aromatic rings. The third-order valence-electron chi connectivity index (χ3n) is 4.30. The summed E-state index contributed by atoms with van der Waals surface area (Å²) in [6, 6.07) is -0.258. The maximum absolute atomic E-state index is 12.1. The fourth-order valence-corrected chi connectivity index (χ4v) is 2.69. The van der Waals surface area contributed by atoms with Gasteiger partial charge in [-0.2, -0.15) is 0 Å². The summed E-state index contributed by atoms with van der Waals surface area (Å²) in [5, 5.41) is 12.3. The van der Waals surface area contributed by atoms with Crippen LogP contribution in [0.25, 0.3) is 0 Å². The summed E-state index contributed by atoms with van der Waals surface area (Å²) in [5.41, 5.74) is 4.60. The number of amides is 1. The Balaban J connectivity index is 2.62. The molecule has 1 rings (SSSR count). The summed E-state index contributed by atoms with van der Waals surface area (Å²) in [4.78, 5) is 23.5. The van der Waals surface area contributed by atoms with Gasteiger partial charge in [-0.25, -0.2) is 0 Å². The van der Waals surface area contributed by atoms with Crippen molar-refractivity contribution in [2.75, 3.05) is 6.54 Å². The monoisotopic (exact) mass is 270 g/mol. The van der Waals surface area contributed by atoms with Crippen molar-refractivity contribution in [1.29, 1.82) is 0 Å². The zero-order valence-electron chi connectivity index (χ0n) is 11.9. The number of carboxylic acids is 1. The number of carboxylic acid groups (broad SMARTS) is 1. The van der Waals surface area contributed by atoms with E-state index in [1.54, 1.807) is 6.92 Å². The summed E-state index contributed by atoms with van der Waals surface area (Å²) >= 11 is 0. The van der Waals surface area contributed by atoms with Gasteiger partial charge in [0.05, 0.1) is 5.41 Å². The minimum Gasteiger partial charge on any atom is -0.481 e. The average Bonchev–Trinajstić information content (AvgIpc) is 2.38. The molecular formula is C14H26N2O3. The summed E-state index contributed by atoms with van der Waals surface area (Å²) in [5.74, 6) is -0.969. The van der Waals surface area contributed by atoms with Gasteiger partial charge in [0, 0.05) is 12.0 Å². The predicted molar refractivity (Wildman–Crippen MR) is 73.6 cm³/mol. The van der Waals surface area contributed by atoms with E-state index in [-0.39, 0.29) is 17.9 Å². The molecule has 0 bridgehead atoms. The number of nitrogens with one attached hydrogen (secondary N) is 1. The molecule has 3 atom stereocenters. The van der Waals surface area contributed by atoms with Gasteiger partial charge in [-0.05, 0) is 39.2 Å². The maximum Gasteiger partial charge on any atom is 0.311 e. The number of carbonyl (C=O) groups excluding carboxylic acids is 1. The Morgan fingerprint density at radius 3 is 2.74 bits per heavy atom. The molecule has 0 spiro atoms. The summed E-state index contributed by atoms with van der Waals surface area (Å²) in [6.45, 7) is 4.18. The van der Waals surface area contributed by atoms with Crippen LogP contribution >= 0.6 is 0 Å². The van der Waals surface area contributed by atoms with Gasteiger partial charge in [-0.15, -0.1) is 0 Å². The van der Waals surface area contributed by atoms with E-state index in [1.807, 2.05) is 6.92 Å². The maximum atomic E-state index is 12.1. The Morgan fingerprint density at radius 1 is 1.47 bits per heavy atom. The number of hydrogen-bond donors (Lipinski definition) is 3. The second-order valence-corrected chi connectivity index (χ2v) is 5.86. The van der Waals surface area contributed by atoms with Crippen LogP contribution in [0.1, 0.15) is 52.4 Å². The van der Waals surface area contributed by atoms with Crippen molar-refractivity contribution in [3.05, 3.63) is 0 Å². The molecule has 1 aliphatic carbocycles. The quantitative estimate of drug-likeness (QED) is 0.682. The molecule has 0 radical (unpaired) electrons. The third kappa shape index (κ3) is 3.93. The zero-order valence-corrected chi connectivity index (χ0v) is 11.9. The van der Waals surface area contributed by atoms with Crippen LogP contribution in [0.4, 0.5) is 0 Å². The smallest absolute Gasteiger partial charge is 0.311 e. The topological polar surface area (TPSA) is 92.4 Å². The van der Waals surface area contributed by atoms with Crippen molar-refractivity contribution in [2.24, 2.45) is 17.1 Å². The van der Waals surface area contributed by atoms with Gasteiger partial charge in [-0.1, -0.05) is 19.8 Å². The highest BCUT2D eigenvalue weighted by Crippen LogP contribution is 2.36. The van der Waals surface area contributed by atoms with Crippen LogP contribution in [0.3, 0.4) is 0 Å². The molecule has 0 aromatic carbocycles. The van der Waals surface area contributed by atoms with E-state index in [0.717, 1.165) is 32.1 Å². The Bertz CT molecular complexity index is 333. The lowest BCUT2D eigenvalue weighted by molar-refractivity contribution is -0.152. The summed E-state index contributed by atoms with van der Waals surface area (Å²) in [7, 11) is 0. The number of carbonyl (C=O) groups is 2. The molecule has 3 unspecified atom stereocenters. The van der Waals surface area contributed by atoms with Crippen molar-refractivity contribution in [3.63, 3.8) is 0 Å². The van der Waals surface area contributed by atoms with Gasteiger partial charge < -0.3 is 16.2 Å². The van der Waals surface area contributed by atoms with E-state index in [9.17, 15) is 14.7 Å². The standard InChI is InChI=1S/C14H26N2O3/c1-10(6-5-9-15)12(17)16-11-7-3-4-8-14(11,2)13(18)19/h10-11H,3-9,15H2,1-2H3,(H,16,17)(H,18,19). The molecular weight excluding hydrogens is 244 g/mol. The van der Waals surface area contributed by atoms with Gasteiger partial charge >= 0.3 is 5.97 Å². The molecule has 1 aliphatic rings. The van der Waals surface area contributed by atoms with Gasteiger partial charge in [0.25, 0.3) is 0 Å². The van der Waals surface area contributed by atoms with E-state index < -0.39 is 11.4 Å². The summed E-state index contributed by atoms with van der Waals surface area (Å²) in [6.07, 6.45) is 4.83. The molecule has 0 aliphatic heterocycles. The van der Waals surface area contributed by atoms with Crippen LogP contribution in [0, 0.1) is 11.3 Å². The van der Waals surface area contributed by atoms with E-state index in [4.69, 9.17) is 5.73 Å². The van der Waals surface area contributed by atoms with Crippen LogP contribution in [0.2, 0.25) is 0 Å². The number of rotatable bonds is 6. The second-order valence-electron chi connectivity index (χ2n) is 5.86. The molecule has 4 N–H and O–H groups in total. The van der Waals surface area contributed by atoms with Crippen molar-refractivity contribution in [1.82, 2.24) is 5.32 Å². The van der Waals surface area contributed by atoms with E-state index >= 15 is 0 Å². The van der Waals surface area contributed by atoms with Crippen LogP contribution in [0.15, 0.2) is 0 Å². The summed E-state index contributed by atoms with van der Waals surface area (Å²) < 4.78 is 0. The third-order valence-corrected chi connectivity index (χ3v) is 4.30. The number of hydrogen-bond acceptors (Lipinski definition) is 3. The Morgan fingerprint density at radius 2 is 2.16 bits per heavy atom. The average molecular weight is 270 g/mol. The normalized spacial score (nSPS) is 28.7. The molecule has 1 amide bonds. The van der Waals surface area contributed by atoms with Crippen LogP contribution in [-0.2, 0) is 9.59 Å². The lowest BCUT2D eigenvalue weighted by atomic mass is 9.71. The Kier molecular flexibility index (Phi) is 5.79. The molecule has 5 heteroatoms.